The van der Waals surface area contributed by atoms with Gasteiger partial charge in [0.15, 0.2) is 0 Å². The number of esters is 1. The van der Waals surface area contributed by atoms with Crippen molar-refractivity contribution in [2.45, 2.75) is 46.6 Å². The molecule has 0 unspecified atom stereocenters. The van der Waals surface area contributed by atoms with Gasteiger partial charge in [-0.2, -0.15) is 0 Å². The van der Waals surface area contributed by atoms with Crippen molar-refractivity contribution in [3.63, 3.8) is 0 Å². The summed E-state index contributed by atoms with van der Waals surface area (Å²) < 4.78 is 10.9. The van der Waals surface area contributed by atoms with Crippen molar-refractivity contribution in [2.75, 3.05) is 6.61 Å². The zero-order chi connectivity index (χ0) is 13.5. The number of benzene rings is 1. The van der Waals surface area contributed by atoms with Crippen molar-refractivity contribution in [1.82, 2.24) is 0 Å². The van der Waals surface area contributed by atoms with Gasteiger partial charge in [0.05, 0.1) is 12.7 Å². The molecule has 0 atom stereocenters. The Morgan fingerprint density at radius 3 is 2.56 bits per heavy atom. The van der Waals surface area contributed by atoms with E-state index in [1.165, 1.54) is 0 Å². The smallest absolute Gasteiger partial charge is 0.342 e. The standard InChI is InChI=1S/C15H22O3/c1-5-10-17-14-12(6-2)8-7-9-13(14)15(16)18-11(3)4/h7-9,11H,5-6,10H2,1-4H3. The van der Waals surface area contributed by atoms with Crippen molar-refractivity contribution in [1.29, 1.82) is 0 Å². The van der Waals surface area contributed by atoms with Crippen molar-refractivity contribution >= 4 is 5.97 Å². The maximum Gasteiger partial charge on any atom is 0.342 e. The molecule has 1 aromatic carbocycles. The highest BCUT2D eigenvalue weighted by molar-refractivity contribution is 5.93. The lowest BCUT2D eigenvalue weighted by molar-refractivity contribution is 0.0373. The van der Waals surface area contributed by atoms with Gasteiger partial charge in [0.25, 0.3) is 0 Å². The van der Waals surface area contributed by atoms with E-state index in [0.717, 1.165) is 18.4 Å². The van der Waals surface area contributed by atoms with E-state index in [-0.39, 0.29) is 12.1 Å². The lowest BCUT2D eigenvalue weighted by Crippen LogP contribution is -2.14. The number of hydrogen-bond acceptors (Lipinski definition) is 3. The van der Waals surface area contributed by atoms with Crippen LogP contribution < -0.4 is 4.74 Å². The molecule has 0 amide bonds. The molecule has 0 aliphatic carbocycles. The zero-order valence-electron chi connectivity index (χ0n) is 11.7. The summed E-state index contributed by atoms with van der Waals surface area (Å²) in [5, 5.41) is 0. The molecule has 0 saturated heterocycles. The fourth-order valence-electron chi connectivity index (χ4n) is 1.68. The van der Waals surface area contributed by atoms with E-state index in [1.54, 1.807) is 6.07 Å². The number of rotatable bonds is 6. The summed E-state index contributed by atoms with van der Waals surface area (Å²) in [5.74, 6) is 0.360. The van der Waals surface area contributed by atoms with Gasteiger partial charge in [-0.05, 0) is 38.3 Å². The second kappa shape index (κ2) is 7.04. The van der Waals surface area contributed by atoms with E-state index in [4.69, 9.17) is 9.47 Å². The van der Waals surface area contributed by atoms with Crippen LogP contribution in [-0.4, -0.2) is 18.7 Å². The minimum Gasteiger partial charge on any atom is -0.492 e. The molecule has 0 radical (unpaired) electrons. The minimum absolute atomic E-state index is 0.123. The first-order valence-electron chi connectivity index (χ1n) is 6.55. The van der Waals surface area contributed by atoms with Crippen LogP contribution in [0.15, 0.2) is 18.2 Å². The molecule has 3 heteroatoms. The van der Waals surface area contributed by atoms with E-state index < -0.39 is 0 Å². The molecule has 0 aliphatic rings. The third-order valence-electron chi connectivity index (χ3n) is 2.49. The molecule has 0 N–H and O–H groups in total. The van der Waals surface area contributed by atoms with E-state index in [1.807, 2.05) is 39.8 Å². The molecule has 0 aromatic heterocycles. The SMILES string of the molecule is CCCOc1c(CC)cccc1C(=O)OC(C)C. The summed E-state index contributed by atoms with van der Waals surface area (Å²) in [7, 11) is 0. The number of carbonyl (C=O) groups is 1. The first-order chi connectivity index (χ1) is 8.60. The number of hydrogen-bond donors (Lipinski definition) is 0. The van der Waals surface area contributed by atoms with E-state index >= 15 is 0 Å². The third kappa shape index (κ3) is 3.76. The molecule has 0 spiro atoms. The molecule has 0 aliphatic heterocycles. The summed E-state index contributed by atoms with van der Waals surface area (Å²) >= 11 is 0. The van der Waals surface area contributed by atoms with Gasteiger partial charge in [-0.25, -0.2) is 4.79 Å². The largest absolute Gasteiger partial charge is 0.492 e. The van der Waals surface area contributed by atoms with Gasteiger partial charge < -0.3 is 9.47 Å². The van der Waals surface area contributed by atoms with Gasteiger partial charge in [-0.3, -0.25) is 0 Å². The molecule has 3 nitrogen and oxygen atoms in total. The number of carbonyl (C=O) groups excluding carboxylic acids is 1. The molecule has 0 bridgehead atoms. The van der Waals surface area contributed by atoms with Crippen LogP contribution in [0.2, 0.25) is 0 Å². The Hall–Kier alpha value is -1.51. The third-order valence-corrected chi connectivity index (χ3v) is 2.49. The molecule has 100 valence electrons. The Kier molecular flexibility index (Phi) is 5.69. The van der Waals surface area contributed by atoms with Gasteiger partial charge in [0.1, 0.15) is 11.3 Å². The summed E-state index contributed by atoms with van der Waals surface area (Å²) in [4.78, 5) is 12.0. The fraction of sp³-hybridized carbons (Fsp3) is 0.533. The van der Waals surface area contributed by atoms with Crippen LogP contribution in [0.5, 0.6) is 5.75 Å². The van der Waals surface area contributed by atoms with Crippen molar-refractivity contribution in [2.24, 2.45) is 0 Å². The van der Waals surface area contributed by atoms with Crippen molar-refractivity contribution in [3.05, 3.63) is 29.3 Å². The van der Waals surface area contributed by atoms with Crippen LogP contribution in [-0.2, 0) is 11.2 Å². The lowest BCUT2D eigenvalue weighted by Gasteiger charge is -2.15. The summed E-state index contributed by atoms with van der Waals surface area (Å²) in [6, 6.07) is 5.61. The van der Waals surface area contributed by atoms with Crippen LogP contribution in [0.1, 0.15) is 50.0 Å². The molecular weight excluding hydrogens is 228 g/mol. The van der Waals surface area contributed by atoms with Gasteiger partial charge in [-0.1, -0.05) is 26.0 Å². The molecule has 1 aromatic rings. The average molecular weight is 250 g/mol. The van der Waals surface area contributed by atoms with Crippen LogP contribution in [0.3, 0.4) is 0 Å². The predicted molar refractivity (Wildman–Crippen MR) is 72.2 cm³/mol. The lowest BCUT2D eigenvalue weighted by atomic mass is 10.1. The van der Waals surface area contributed by atoms with Crippen LogP contribution in [0.25, 0.3) is 0 Å². The number of para-hydroxylation sites is 1. The second-order valence-electron chi connectivity index (χ2n) is 4.45. The highest BCUT2D eigenvalue weighted by Gasteiger charge is 2.17. The molecule has 0 fully saturated rings. The molecule has 1 rings (SSSR count). The van der Waals surface area contributed by atoms with Gasteiger partial charge in [0.2, 0.25) is 0 Å². The molecule has 18 heavy (non-hydrogen) atoms. The van der Waals surface area contributed by atoms with Gasteiger partial charge in [0, 0.05) is 0 Å². The normalized spacial score (nSPS) is 10.5. The Labute approximate surface area is 109 Å². The average Bonchev–Trinajstić information content (AvgIpc) is 2.34. The van der Waals surface area contributed by atoms with E-state index in [0.29, 0.717) is 17.9 Å². The summed E-state index contributed by atoms with van der Waals surface area (Å²) in [6.45, 7) is 8.38. The van der Waals surface area contributed by atoms with Gasteiger partial charge in [-0.15, -0.1) is 0 Å². The topological polar surface area (TPSA) is 35.5 Å². The zero-order valence-corrected chi connectivity index (χ0v) is 11.7. The van der Waals surface area contributed by atoms with E-state index in [9.17, 15) is 4.79 Å². The summed E-state index contributed by atoms with van der Waals surface area (Å²) in [6.07, 6.45) is 1.63. The maximum absolute atomic E-state index is 12.0. The first kappa shape index (κ1) is 14.6. The fourth-order valence-corrected chi connectivity index (χ4v) is 1.68. The van der Waals surface area contributed by atoms with Crippen LogP contribution in [0.4, 0.5) is 0 Å². The number of ether oxygens (including phenoxy) is 2. The highest BCUT2D eigenvalue weighted by atomic mass is 16.5. The van der Waals surface area contributed by atoms with Crippen LogP contribution >= 0.6 is 0 Å². The van der Waals surface area contributed by atoms with Crippen molar-refractivity contribution < 1.29 is 14.3 Å². The maximum atomic E-state index is 12.0. The predicted octanol–water partition coefficient (Wildman–Crippen LogP) is 3.60. The Morgan fingerprint density at radius 1 is 1.28 bits per heavy atom. The Bertz CT molecular complexity index is 397. The van der Waals surface area contributed by atoms with Crippen molar-refractivity contribution in [3.8, 4) is 5.75 Å². The van der Waals surface area contributed by atoms with E-state index in [2.05, 4.69) is 0 Å². The van der Waals surface area contributed by atoms with Crippen LogP contribution in [0, 0.1) is 0 Å². The van der Waals surface area contributed by atoms with Gasteiger partial charge >= 0.3 is 5.97 Å². The second-order valence-corrected chi connectivity index (χ2v) is 4.45. The highest BCUT2D eigenvalue weighted by Crippen LogP contribution is 2.26. The first-order valence-corrected chi connectivity index (χ1v) is 6.55. The molecule has 0 saturated carbocycles. The minimum atomic E-state index is -0.314. The Morgan fingerprint density at radius 2 is 2.00 bits per heavy atom. The monoisotopic (exact) mass is 250 g/mol. The molecular formula is C15H22O3. The Balaban J connectivity index is 3.04. The number of aryl methyl sites for hydroxylation is 1. The molecule has 0 heterocycles. The quantitative estimate of drug-likeness (QED) is 0.724. The summed E-state index contributed by atoms with van der Waals surface area (Å²) in [5.41, 5.74) is 1.57.